The van der Waals surface area contributed by atoms with Gasteiger partial charge in [0.2, 0.25) is 5.43 Å². The van der Waals surface area contributed by atoms with Crippen LogP contribution in [0.3, 0.4) is 0 Å². The maximum absolute atomic E-state index is 12.3. The normalized spacial score (nSPS) is 11.2. The summed E-state index contributed by atoms with van der Waals surface area (Å²) in [6, 6.07) is 4.46. The molecule has 0 saturated heterocycles. The molecule has 1 heterocycles. The van der Waals surface area contributed by atoms with E-state index in [1.165, 1.54) is 24.4 Å². The number of fused-ring (bicyclic) bond motifs is 1. The van der Waals surface area contributed by atoms with Crippen LogP contribution < -0.4 is 10.7 Å². The summed E-state index contributed by atoms with van der Waals surface area (Å²) in [6.07, 6.45) is 1.85. The number of hydrogen-bond acceptors (Lipinski definition) is 5. The van der Waals surface area contributed by atoms with E-state index in [4.69, 9.17) is 4.74 Å². The molecule has 1 aromatic carbocycles. The maximum atomic E-state index is 12.3. The fraction of sp³-hybridized carbons (Fsp3) is 0.368. The molecule has 0 aliphatic carbocycles. The molecule has 0 aliphatic rings. The molecule has 8 heteroatoms. The first kappa shape index (κ1) is 20.2. The molecular weight excluding hydrogens is 352 g/mol. The number of carboxylic acids is 1. The highest BCUT2D eigenvalue weighted by atomic mass is 16.6. The third-order valence-corrected chi connectivity index (χ3v) is 3.72. The molecule has 8 nitrogen and oxygen atoms in total. The van der Waals surface area contributed by atoms with Crippen molar-refractivity contribution in [3.63, 3.8) is 0 Å². The number of aromatic nitrogens is 1. The predicted molar refractivity (Wildman–Crippen MR) is 99.4 cm³/mol. The van der Waals surface area contributed by atoms with Gasteiger partial charge in [0, 0.05) is 30.2 Å². The van der Waals surface area contributed by atoms with E-state index in [1.807, 2.05) is 0 Å². The van der Waals surface area contributed by atoms with Crippen molar-refractivity contribution in [2.75, 3.05) is 6.54 Å². The Kier molecular flexibility index (Phi) is 5.99. The predicted octanol–water partition coefficient (Wildman–Crippen LogP) is 2.43. The van der Waals surface area contributed by atoms with Crippen molar-refractivity contribution < 1.29 is 24.2 Å². The van der Waals surface area contributed by atoms with Crippen molar-refractivity contribution in [3.8, 4) is 0 Å². The number of aromatic carboxylic acids is 1. The number of aryl methyl sites for hydroxylation is 1. The second-order valence-corrected chi connectivity index (χ2v) is 7.05. The molecule has 2 N–H and O–H groups in total. The molecule has 2 aromatic rings. The fourth-order valence-corrected chi connectivity index (χ4v) is 2.57. The summed E-state index contributed by atoms with van der Waals surface area (Å²) in [5.74, 6) is -1.32. The zero-order chi connectivity index (χ0) is 20.2. The van der Waals surface area contributed by atoms with Gasteiger partial charge in [0.1, 0.15) is 17.5 Å². The Labute approximate surface area is 155 Å². The number of alkyl carbamates (subject to hydrolysis) is 1. The van der Waals surface area contributed by atoms with Crippen LogP contribution in [-0.4, -0.2) is 40.2 Å². The number of nitrogens with zero attached hydrogens (tertiary/aromatic N) is 1. The summed E-state index contributed by atoms with van der Waals surface area (Å²) >= 11 is 0. The molecule has 0 bridgehead atoms. The number of benzene rings is 1. The molecule has 27 heavy (non-hydrogen) atoms. The van der Waals surface area contributed by atoms with Crippen LogP contribution in [0.5, 0.6) is 0 Å². The van der Waals surface area contributed by atoms with Crippen LogP contribution in [0.25, 0.3) is 10.9 Å². The summed E-state index contributed by atoms with van der Waals surface area (Å²) in [5.41, 5.74) is -0.697. The summed E-state index contributed by atoms with van der Waals surface area (Å²) in [7, 11) is 0. The van der Waals surface area contributed by atoms with Gasteiger partial charge in [-0.05, 0) is 39.3 Å². The van der Waals surface area contributed by atoms with Gasteiger partial charge >= 0.3 is 12.1 Å². The van der Waals surface area contributed by atoms with Gasteiger partial charge in [0.15, 0.2) is 0 Å². The first-order chi connectivity index (χ1) is 12.6. The summed E-state index contributed by atoms with van der Waals surface area (Å²) in [4.78, 5) is 46.4. The zero-order valence-corrected chi connectivity index (χ0v) is 15.4. The van der Waals surface area contributed by atoms with Crippen LogP contribution in [-0.2, 0) is 11.3 Å². The number of carbonyl (C=O) groups excluding carboxylic acids is 2. The van der Waals surface area contributed by atoms with E-state index in [9.17, 15) is 24.3 Å². The SMILES string of the molecule is CC(C)(C)OC(=O)NCCCn1cc(C(=O)O)c(=O)c2ccc(C=O)cc21. The Hall–Kier alpha value is -3.16. The molecule has 0 spiro atoms. The lowest BCUT2D eigenvalue weighted by Gasteiger charge is -2.19. The maximum Gasteiger partial charge on any atom is 0.407 e. The molecular formula is C19H22N2O6. The average molecular weight is 374 g/mol. The van der Waals surface area contributed by atoms with Crippen molar-refractivity contribution in [1.82, 2.24) is 9.88 Å². The second kappa shape index (κ2) is 8.03. The van der Waals surface area contributed by atoms with Crippen LogP contribution in [0.1, 0.15) is 47.9 Å². The Balaban J connectivity index is 2.22. The Bertz CT molecular complexity index is 940. The van der Waals surface area contributed by atoms with Crippen molar-refractivity contribution >= 4 is 29.3 Å². The molecule has 2 rings (SSSR count). The molecule has 0 unspecified atom stereocenters. The molecule has 144 valence electrons. The highest BCUT2D eigenvalue weighted by molar-refractivity contribution is 5.94. The zero-order valence-electron chi connectivity index (χ0n) is 15.4. The Morgan fingerprint density at radius 1 is 1.30 bits per heavy atom. The van der Waals surface area contributed by atoms with Crippen LogP contribution >= 0.6 is 0 Å². The van der Waals surface area contributed by atoms with Crippen molar-refractivity contribution in [2.24, 2.45) is 0 Å². The average Bonchev–Trinajstić information content (AvgIpc) is 2.58. The molecule has 0 radical (unpaired) electrons. The van der Waals surface area contributed by atoms with Crippen LogP contribution in [0.2, 0.25) is 0 Å². The van der Waals surface area contributed by atoms with E-state index in [0.717, 1.165) is 0 Å². The van der Waals surface area contributed by atoms with Gasteiger partial charge in [-0.3, -0.25) is 9.59 Å². The number of aldehydes is 1. The van der Waals surface area contributed by atoms with E-state index >= 15 is 0 Å². The number of carbonyl (C=O) groups is 3. The number of nitrogens with one attached hydrogen (secondary N) is 1. The Morgan fingerprint density at radius 2 is 2.00 bits per heavy atom. The standard InChI is InChI=1S/C19H22N2O6/c1-19(2,3)27-18(26)20-7-4-8-21-10-14(17(24)25)16(23)13-6-5-12(11-22)9-15(13)21/h5-6,9-11H,4,7-8H2,1-3H3,(H,20,26)(H,24,25). The number of carboxylic acid groups (broad SMARTS) is 1. The fourth-order valence-electron chi connectivity index (χ4n) is 2.57. The van der Waals surface area contributed by atoms with E-state index in [1.54, 1.807) is 25.3 Å². The lowest BCUT2D eigenvalue weighted by molar-refractivity contribution is 0.0526. The molecule has 0 atom stereocenters. The van der Waals surface area contributed by atoms with E-state index in [-0.39, 0.29) is 10.9 Å². The topological polar surface area (TPSA) is 115 Å². The van der Waals surface area contributed by atoms with Gasteiger partial charge in [-0.15, -0.1) is 0 Å². The van der Waals surface area contributed by atoms with Gasteiger partial charge < -0.3 is 19.7 Å². The molecule has 0 aliphatic heterocycles. The molecule has 0 fully saturated rings. The highest BCUT2D eigenvalue weighted by Gasteiger charge is 2.16. The number of ether oxygens (including phenoxy) is 1. The van der Waals surface area contributed by atoms with Crippen LogP contribution in [0.15, 0.2) is 29.2 Å². The minimum atomic E-state index is -1.32. The van der Waals surface area contributed by atoms with Gasteiger partial charge in [-0.25, -0.2) is 9.59 Å². The second-order valence-electron chi connectivity index (χ2n) is 7.05. The monoisotopic (exact) mass is 374 g/mol. The highest BCUT2D eigenvalue weighted by Crippen LogP contribution is 2.15. The first-order valence-corrected chi connectivity index (χ1v) is 8.45. The number of rotatable bonds is 6. The van der Waals surface area contributed by atoms with Crippen LogP contribution in [0.4, 0.5) is 4.79 Å². The quantitative estimate of drug-likeness (QED) is 0.593. The number of hydrogen-bond donors (Lipinski definition) is 2. The van der Waals surface area contributed by atoms with Crippen LogP contribution in [0, 0.1) is 0 Å². The Morgan fingerprint density at radius 3 is 2.59 bits per heavy atom. The minimum absolute atomic E-state index is 0.223. The largest absolute Gasteiger partial charge is 0.477 e. The van der Waals surface area contributed by atoms with Gasteiger partial charge in [-0.2, -0.15) is 0 Å². The van der Waals surface area contributed by atoms with Crippen molar-refractivity contribution in [3.05, 3.63) is 45.7 Å². The molecule has 1 aromatic heterocycles. The summed E-state index contributed by atoms with van der Waals surface area (Å²) in [5, 5.41) is 12.1. The number of amides is 1. The smallest absolute Gasteiger partial charge is 0.407 e. The van der Waals surface area contributed by atoms with Crippen molar-refractivity contribution in [2.45, 2.75) is 39.3 Å². The molecule has 0 saturated carbocycles. The summed E-state index contributed by atoms with van der Waals surface area (Å²) < 4.78 is 6.74. The lowest BCUT2D eigenvalue weighted by atomic mass is 10.1. The van der Waals surface area contributed by atoms with Gasteiger partial charge in [-0.1, -0.05) is 6.07 Å². The van der Waals surface area contributed by atoms with E-state index in [0.29, 0.717) is 36.9 Å². The summed E-state index contributed by atoms with van der Waals surface area (Å²) in [6.45, 7) is 5.93. The minimum Gasteiger partial charge on any atom is -0.477 e. The number of pyridine rings is 1. The first-order valence-electron chi connectivity index (χ1n) is 8.45. The third kappa shape index (κ3) is 5.16. The third-order valence-electron chi connectivity index (χ3n) is 3.72. The lowest BCUT2D eigenvalue weighted by Crippen LogP contribution is -2.33. The molecule has 1 amide bonds. The van der Waals surface area contributed by atoms with Gasteiger partial charge in [0.25, 0.3) is 0 Å². The van der Waals surface area contributed by atoms with Crippen molar-refractivity contribution in [1.29, 1.82) is 0 Å². The van der Waals surface area contributed by atoms with E-state index < -0.39 is 23.1 Å². The van der Waals surface area contributed by atoms with E-state index in [2.05, 4.69) is 5.32 Å². The van der Waals surface area contributed by atoms with Gasteiger partial charge in [0.05, 0.1) is 5.52 Å².